The molecule has 0 amide bonds. The largest absolute Gasteiger partial charge is 0.457 e. The van der Waals surface area contributed by atoms with E-state index < -0.39 is 11.2 Å². The van der Waals surface area contributed by atoms with Gasteiger partial charge in [-0.25, -0.2) is 38.7 Å². The van der Waals surface area contributed by atoms with Crippen molar-refractivity contribution in [2.45, 2.75) is 75.7 Å². The molecule has 0 bridgehead atoms. The molecule has 2 aliphatic carbocycles. The average molecular weight is 985 g/mol. The van der Waals surface area contributed by atoms with Gasteiger partial charge in [-0.15, -0.1) is 0 Å². The lowest BCUT2D eigenvalue weighted by molar-refractivity contribution is 0.0682. The van der Waals surface area contributed by atoms with Crippen molar-refractivity contribution in [1.82, 2.24) is 39.0 Å². The van der Waals surface area contributed by atoms with Crippen molar-refractivity contribution in [3.05, 3.63) is 204 Å². The molecule has 4 aliphatic rings. The van der Waals surface area contributed by atoms with Crippen molar-refractivity contribution in [1.29, 1.82) is 0 Å². The van der Waals surface area contributed by atoms with Gasteiger partial charge in [-0.1, -0.05) is 72.8 Å². The molecule has 6 aromatic carbocycles. The Hall–Kier alpha value is -8.20. The fourth-order valence-corrected chi connectivity index (χ4v) is 11.1. The molecule has 0 unspecified atom stereocenters. The Kier molecular flexibility index (Phi) is 10.6. The van der Waals surface area contributed by atoms with E-state index in [1.54, 1.807) is 52.5 Å². The average Bonchev–Trinajstić information content (AvgIpc) is 4.23. The fraction of sp³-hybridized carbons (Fsp3) is 0.233. The molecule has 0 spiro atoms. The molecule has 14 heteroatoms. The number of aliphatic hydroxyl groups is 2. The first-order valence-corrected chi connectivity index (χ1v) is 24.9. The quantitative estimate of drug-likeness (QED) is 0.136. The SMILES string of the molecule is CC(C)(O)c1ncc(-c2cc3c(cc2F)nc2n3[C@@H](c3ccccc3Oc3ccccc3)[C@@H]3C[C@H]23)cn1.CC(C)(O)c1ncc(-c2cc3c(cc2F)nc2n3[C@H](c3ccccc3Oc3ccccc3)[C@@H]3C[C@H]23)cn1. The van der Waals surface area contributed by atoms with Crippen molar-refractivity contribution >= 4 is 22.1 Å². The van der Waals surface area contributed by atoms with Crippen molar-refractivity contribution in [2.75, 3.05) is 0 Å². The minimum atomic E-state index is -1.17. The van der Waals surface area contributed by atoms with Gasteiger partial charge in [0.05, 0.1) is 34.2 Å². The summed E-state index contributed by atoms with van der Waals surface area (Å²) in [5.74, 6) is 6.66. The minimum absolute atomic E-state index is 0.0528. The Bertz CT molecular complexity index is 3530. The van der Waals surface area contributed by atoms with E-state index in [-0.39, 0.29) is 35.4 Å². The van der Waals surface area contributed by atoms with Crippen LogP contribution in [0.2, 0.25) is 0 Å². The summed E-state index contributed by atoms with van der Waals surface area (Å²) in [7, 11) is 0. The van der Waals surface area contributed by atoms with E-state index in [1.165, 1.54) is 12.1 Å². The lowest BCUT2D eigenvalue weighted by Gasteiger charge is -2.21. The number of aromatic nitrogens is 8. The molecule has 368 valence electrons. The maximum atomic E-state index is 15.3. The molecule has 0 radical (unpaired) electrons. The third-order valence-electron chi connectivity index (χ3n) is 14.8. The number of rotatable bonds is 10. The van der Waals surface area contributed by atoms with Crippen LogP contribution in [-0.2, 0) is 11.2 Å². The third-order valence-corrected chi connectivity index (χ3v) is 14.8. The van der Waals surface area contributed by atoms with Gasteiger partial charge in [-0.05, 0) is 101 Å². The zero-order valence-electron chi connectivity index (χ0n) is 40.9. The van der Waals surface area contributed by atoms with Crippen molar-refractivity contribution in [3.63, 3.8) is 0 Å². The predicted molar refractivity (Wildman–Crippen MR) is 276 cm³/mol. The summed E-state index contributed by atoms with van der Waals surface area (Å²) in [4.78, 5) is 26.8. The number of hydrogen-bond donors (Lipinski definition) is 2. The molecule has 2 N–H and O–H groups in total. The van der Waals surface area contributed by atoms with Crippen LogP contribution >= 0.6 is 0 Å². The fourth-order valence-electron chi connectivity index (χ4n) is 11.1. The van der Waals surface area contributed by atoms with Crippen LogP contribution in [0.3, 0.4) is 0 Å². The molecule has 2 fully saturated rings. The maximum Gasteiger partial charge on any atom is 0.159 e. The van der Waals surface area contributed by atoms with Gasteiger partial charge in [0.25, 0.3) is 0 Å². The van der Waals surface area contributed by atoms with E-state index in [4.69, 9.17) is 19.4 Å². The summed E-state index contributed by atoms with van der Waals surface area (Å²) < 4.78 is 47.7. The smallest absolute Gasteiger partial charge is 0.159 e. The van der Waals surface area contributed by atoms with Gasteiger partial charge in [0, 0.05) is 82.1 Å². The first-order valence-electron chi connectivity index (χ1n) is 24.9. The number of hydrogen-bond acceptors (Lipinski definition) is 10. The molecular formula is C60H50F2N8O4. The molecule has 14 rings (SSSR count). The third kappa shape index (κ3) is 7.96. The minimum Gasteiger partial charge on any atom is -0.457 e. The second-order valence-corrected chi connectivity index (χ2v) is 20.8. The van der Waals surface area contributed by atoms with Gasteiger partial charge >= 0.3 is 0 Å². The van der Waals surface area contributed by atoms with Crippen LogP contribution in [0.4, 0.5) is 8.78 Å². The number of para-hydroxylation sites is 4. The van der Waals surface area contributed by atoms with Crippen molar-refractivity contribution < 1.29 is 28.5 Å². The first-order chi connectivity index (χ1) is 35.8. The number of fused-ring (bicyclic) bond motifs is 10. The monoisotopic (exact) mass is 984 g/mol. The van der Waals surface area contributed by atoms with E-state index in [0.29, 0.717) is 57.0 Å². The zero-order chi connectivity index (χ0) is 50.6. The molecule has 0 saturated heterocycles. The number of imidazole rings is 2. The van der Waals surface area contributed by atoms with E-state index in [1.807, 2.05) is 109 Å². The molecule has 6 atom stereocenters. The molecule has 10 aromatic rings. The van der Waals surface area contributed by atoms with Crippen LogP contribution in [0.25, 0.3) is 44.3 Å². The van der Waals surface area contributed by atoms with Crippen LogP contribution < -0.4 is 9.47 Å². The van der Waals surface area contributed by atoms with Crippen LogP contribution in [0.1, 0.15) is 98.9 Å². The summed E-state index contributed by atoms with van der Waals surface area (Å²) in [6.07, 6.45) is 8.37. The second kappa shape index (κ2) is 17.2. The van der Waals surface area contributed by atoms with Gasteiger partial charge in [-0.2, -0.15) is 0 Å². The van der Waals surface area contributed by atoms with Gasteiger partial charge in [0.2, 0.25) is 0 Å². The number of ether oxygens (including phenoxy) is 2. The lowest BCUT2D eigenvalue weighted by atomic mass is 10.0. The van der Waals surface area contributed by atoms with Crippen LogP contribution in [0.5, 0.6) is 23.0 Å². The number of benzene rings is 6. The molecule has 2 saturated carbocycles. The normalized spacial score (nSPS) is 20.1. The summed E-state index contributed by atoms with van der Waals surface area (Å²) in [6.45, 7) is 6.48. The van der Waals surface area contributed by atoms with Crippen LogP contribution in [-0.4, -0.2) is 49.3 Å². The molecule has 4 aromatic heterocycles. The lowest BCUT2D eigenvalue weighted by Crippen LogP contribution is -2.19. The van der Waals surface area contributed by atoms with E-state index >= 15 is 8.78 Å². The first kappa shape index (κ1) is 45.6. The Labute approximate surface area is 425 Å². The highest BCUT2D eigenvalue weighted by atomic mass is 19.1. The Balaban J connectivity index is 0.000000143. The maximum absolute atomic E-state index is 15.3. The Morgan fingerprint density at radius 2 is 0.865 bits per heavy atom. The molecular weight excluding hydrogens is 935 g/mol. The summed E-state index contributed by atoms with van der Waals surface area (Å²) in [5, 5.41) is 20.4. The zero-order valence-corrected chi connectivity index (χ0v) is 40.9. The van der Waals surface area contributed by atoms with Crippen molar-refractivity contribution in [2.24, 2.45) is 11.8 Å². The Morgan fingerprint density at radius 3 is 1.24 bits per heavy atom. The van der Waals surface area contributed by atoms with Gasteiger partial charge < -0.3 is 28.8 Å². The van der Waals surface area contributed by atoms with Crippen LogP contribution in [0, 0.1) is 23.5 Å². The molecule has 74 heavy (non-hydrogen) atoms. The second-order valence-electron chi connectivity index (χ2n) is 20.8. The van der Waals surface area contributed by atoms with E-state index in [2.05, 4.69) is 41.2 Å². The number of halogens is 2. The summed E-state index contributed by atoms with van der Waals surface area (Å²) >= 11 is 0. The van der Waals surface area contributed by atoms with Crippen LogP contribution in [0.15, 0.2) is 158 Å². The summed E-state index contributed by atoms with van der Waals surface area (Å²) in [5.41, 5.74) is 4.81. The van der Waals surface area contributed by atoms with Gasteiger partial charge in [0.15, 0.2) is 11.6 Å². The highest BCUT2D eigenvalue weighted by Crippen LogP contribution is 2.64. The molecule has 12 nitrogen and oxygen atoms in total. The van der Waals surface area contributed by atoms with Gasteiger partial charge in [0.1, 0.15) is 57.5 Å². The standard InChI is InChI=1S/2C30H25FN4O2/c2*1-30(2,36)29-32-15-17(16-33-29)20-13-25-24(14-23(20)31)34-28-22-12-21(22)27(35(25)28)19-10-6-7-11-26(19)37-18-8-4-3-5-9-18/h2*3-11,13-16,21-22,27,36H,12H2,1-2H3/t21-,22+,27+;21-,22+,27-/m11/s1. The highest BCUT2D eigenvalue weighted by Gasteiger charge is 2.56. The van der Waals surface area contributed by atoms with E-state index in [0.717, 1.165) is 69.6 Å². The topological polar surface area (TPSA) is 146 Å². The Morgan fingerprint density at radius 1 is 0.500 bits per heavy atom. The number of nitrogens with zero attached hydrogens (tertiary/aromatic N) is 8. The van der Waals surface area contributed by atoms with Gasteiger partial charge in [-0.3, -0.25) is 0 Å². The van der Waals surface area contributed by atoms with Crippen molar-refractivity contribution in [3.8, 4) is 45.3 Å². The predicted octanol–water partition coefficient (Wildman–Crippen LogP) is 12.7. The van der Waals surface area contributed by atoms with E-state index in [9.17, 15) is 10.2 Å². The molecule has 2 aliphatic heterocycles. The molecule has 6 heterocycles. The summed E-state index contributed by atoms with van der Waals surface area (Å²) in [6, 6.07) is 42.6. The highest BCUT2D eigenvalue weighted by molar-refractivity contribution is 5.85.